The summed E-state index contributed by atoms with van der Waals surface area (Å²) in [7, 11) is 0. The smallest absolute Gasteiger partial charge is 0.225 e. The second kappa shape index (κ2) is 6.98. The van der Waals surface area contributed by atoms with Gasteiger partial charge in [0.2, 0.25) is 5.91 Å². The zero-order valence-corrected chi connectivity index (χ0v) is 11.9. The number of hydrogen-bond acceptors (Lipinski definition) is 3. The molecule has 1 aromatic rings. The van der Waals surface area contributed by atoms with Crippen molar-refractivity contribution >= 4 is 29.1 Å². The van der Waals surface area contributed by atoms with Crippen molar-refractivity contribution < 1.29 is 9.53 Å². The third kappa shape index (κ3) is 4.27. The van der Waals surface area contributed by atoms with E-state index in [2.05, 4.69) is 10.6 Å². The van der Waals surface area contributed by atoms with Crippen LogP contribution in [0, 0.1) is 5.92 Å². The lowest BCUT2D eigenvalue weighted by molar-refractivity contribution is -0.126. The van der Waals surface area contributed by atoms with E-state index in [0.29, 0.717) is 28.9 Å². The van der Waals surface area contributed by atoms with E-state index in [0.717, 1.165) is 19.5 Å². The number of hydrogen-bond donors (Lipinski definition) is 2. The number of carbonyl (C=O) groups is 1. The summed E-state index contributed by atoms with van der Waals surface area (Å²) in [6.45, 7) is 2.68. The van der Waals surface area contributed by atoms with Crippen LogP contribution in [0.3, 0.4) is 0 Å². The van der Waals surface area contributed by atoms with Crippen molar-refractivity contribution in [3.8, 4) is 5.75 Å². The quantitative estimate of drug-likeness (QED) is 0.791. The molecule has 1 aliphatic rings. The molecule has 1 heterocycles. The van der Waals surface area contributed by atoms with Gasteiger partial charge < -0.3 is 15.4 Å². The molecule has 1 aromatic carbocycles. The summed E-state index contributed by atoms with van der Waals surface area (Å²) in [4.78, 5) is 11.5. The Morgan fingerprint density at radius 2 is 2.21 bits per heavy atom. The third-order valence-corrected chi connectivity index (χ3v) is 3.45. The van der Waals surface area contributed by atoms with Crippen LogP contribution in [0.15, 0.2) is 18.2 Å². The lowest BCUT2D eigenvalue weighted by atomic mass is 10.0. The highest BCUT2D eigenvalue weighted by molar-refractivity contribution is 6.35. The Labute approximate surface area is 122 Å². The minimum absolute atomic E-state index is 0.114. The first-order valence-electron chi connectivity index (χ1n) is 6.23. The molecule has 1 saturated heterocycles. The molecule has 2 rings (SSSR count). The van der Waals surface area contributed by atoms with Gasteiger partial charge >= 0.3 is 0 Å². The number of ether oxygens (including phenoxy) is 1. The summed E-state index contributed by atoms with van der Waals surface area (Å²) in [5.74, 6) is 0.857. The van der Waals surface area contributed by atoms with Crippen LogP contribution in [0.4, 0.5) is 0 Å². The van der Waals surface area contributed by atoms with Gasteiger partial charge in [-0.15, -0.1) is 0 Å². The number of halogens is 2. The maximum Gasteiger partial charge on any atom is 0.225 e. The summed E-state index contributed by atoms with van der Waals surface area (Å²) in [6, 6.07) is 5.11. The summed E-state index contributed by atoms with van der Waals surface area (Å²) in [5, 5.41) is 7.03. The topological polar surface area (TPSA) is 50.4 Å². The van der Waals surface area contributed by atoms with E-state index in [1.54, 1.807) is 18.2 Å². The number of amides is 1. The predicted molar refractivity (Wildman–Crippen MR) is 75.9 cm³/mol. The zero-order chi connectivity index (χ0) is 13.7. The van der Waals surface area contributed by atoms with Crippen LogP contribution in [0.25, 0.3) is 0 Å². The van der Waals surface area contributed by atoms with Crippen molar-refractivity contribution in [1.29, 1.82) is 0 Å². The van der Waals surface area contributed by atoms with Crippen molar-refractivity contribution in [2.45, 2.75) is 6.42 Å². The van der Waals surface area contributed by atoms with Gasteiger partial charge in [0.05, 0.1) is 17.5 Å². The van der Waals surface area contributed by atoms with Gasteiger partial charge in [0.1, 0.15) is 5.75 Å². The fraction of sp³-hybridized carbons (Fsp3) is 0.462. The number of benzene rings is 1. The highest BCUT2D eigenvalue weighted by Gasteiger charge is 2.23. The molecular formula is C13H16Cl2N2O2. The molecule has 0 unspecified atom stereocenters. The molecule has 0 radical (unpaired) electrons. The lowest BCUT2D eigenvalue weighted by Gasteiger charge is -2.25. The molecule has 4 nitrogen and oxygen atoms in total. The summed E-state index contributed by atoms with van der Waals surface area (Å²) < 4.78 is 5.52. The normalized spacial score (nSPS) is 14.8. The van der Waals surface area contributed by atoms with Gasteiger partial charge in [-0.1, -0.05) is 23.2 Å². The van der Waals surface area contributed by atoms with Crippen molar-refractivity contribution in [3.63, 3.8) is 0 Å². The maximum absolute atomic E-state index is 11.5. The molecule has 0 aromatic heterocycles. The fourth-order valence-corrected chi connectivity index (χ4v) is 2.14. The standard InChI is InChI=1S/C13H16Cl2N2O2/c14-10-2-3-12(11(15)6-10)19-5-1-4-17-13(18)9-7-16-8-9/h2-3,6,9,16H,1,4-5,7-8H2,(H,17,18). The minimum Gasteiger partial charge on any atom is -0.492 e. The van der Waals surface area contributed by atoms with Crippen LogP contribution in [0.5, 0.6) is 5.75 Å². The van der Waals surface area contributed by atoms with Crippen molar-refractivity contribution in [2.24, 2.45) is 5.92 Å². The molecule has 0 spiro atoms. The molecule has 104 valence electrons. The van der Waals surface area contributed by atoms with E-state index in [9.17, 15) is 4.79 Å². The average molecular weight is 303 g/mol. The van der Waals surface area contributed by atoms with Crippen LogP contribution in [-0.4, -0.2) is 32.1 Å². The minimum atomic E-state index is 0.114. The van der Waals surface area contributed by atoms with E-state index in [1.807, 2.05) is 0 Å². The fourth-order valence-electron chi connectivity index (χ4n) is 1.68. The summed E-state index contributed by atoms with van der Waals surface area (Å²) in [5.41, 5.74) is 0. The molecule has 0 aliphatic carbocycles. The first-order chi connectivity index (χ1) is 9.16. The van der Waals surface area contributed by atoms with E-state index >= 15 is 0 Å². The first kappa shape index (κ1) is 14.4. The molecule has 0 atom stereocenters. The van der Waals surface area contributed by atoms with Gasteiger partial charge in [0.25, 0.3) is 0 Å². The Bertz CT molecular complexity index is 450. The molecule has 0 saturated carbocycles. The molecule has 6 heteroatoms. The van der Waals surface area contributed by atoms with Gasteiger partial charge in [-0.05, 0) is 24.6 Å². The number of nitrogens with one attached hydrogen (secondary N) is 2. The van der Waals surface area contributed by atoms with Gasteiger partial charge in [-0.25, -0.2) is 0 Å². The Morgan fingerprint density at radius 1 is 1.42 bits per heavy atom. The molecule has 1 amide bonds. The highest BCUT2D eigenvalue weighted by Crippen LogP contribution is 2.27. The highest BCUT2D eigenvalue weighted by atomic mass is 35.5. The van der Waals surface area contributed by atoms with Gasteiger partial charge in [0.15, 0.2) is 0 Å². The SMILES string of the molecule is O=C(NCCCOc1ccc(Cl)cc1Cl)C1CNC1. The lowest BCUT2D eigenvalue weighted by Crippen LogP contribution is -2.50. The largest absolute Gasteiger partial charge is 0.492 e. The molecule has 1 fully saturated rings. The molecule has 2 N–H and O–H groups in total. The molecular weight excluding hydrogens is 287 g/mol. The van der Waals surface area contributed by atoms with Crippen LogP contribution in [0.2, 0.25) is 10.0 Å². The summed E-state index contributed by atoms with van der Waals surface area (Å²) >= 11 is 11.8. The third-order valence-electron chi connectivity index (χ3n) is 2.92. The summed E-state index contributed by atoms with van der Waals surface area (Å²) in [6.07, 6.45) is 0.741. The second-order valence-electron chi connectivity index (χ2n) is 4.42. The van der Waals surface area contributed by atoms with Gasteiger partial charge in [-0.3, -0.25) is 4.79 Å². The Hall–Kier alpha value is -0.970. The van der Waals surface area contributed by atoms with E-state index < -0.39 is 0 Å². The molecule has 19 heavy (non-hydrogen) atoms. The van der Waals surface area contributed by atoms with E-state index in [4.69, 9.17) is 27.9 Å². The van der Waals surface area contributed by atoms with Crippen LogP contribution < -0.4 is 15.4 Å². The Balaban J connectivity index is 1.62. The van der Waals surface area contributed by atoms with Crippen molar-refractivity contribution in [1.82, 2.24) is 10.6 Å². The number of rotatable bonds is 6. The van der Waals surface area contributed by atoms with Gasteiger partial charge in [0, 0.05) is 24.7 Å². The maximum atomic E-state index is 11.5. The van der Waals surface area contributed by atoms with Crippen molar-refractivity contribution in [3.05, 3.63) is 28.2 Å². The second-order valence-corrected chi connectivity index (χ2v) is 5.27. The average Bonchev–Trinajstić information content (AvgIpc) is 2.29. The van der Waals surface area contributed by atoms with E-state index in [-0.39, 0.29) is 11.8 Å². The molecule has 1 aliphatic heterocycles. The van der Waals surface area contributed by atoms with Crippen molar-refractivity contribution in [2.75, 3.05) is 26.2 Å². The van der Waals surface area contributed by atoms with Crippen LogP contribution in [-0.2, 0) is 4.79 Å². The monoisotopic (exact) mass is 302 g/mol. The molecule has 0 bridgehead atoms. The zero-order valence-electron chi connectivity index (χ0n) is 10.4. The Kier molecular flexibility index (Phi) is 5.31. The van der Waals surface area contributed by atoms with E-state index in [1.165, 1.54) is 0 Å². The Morgan fingerprint density at radius 3 is 2.84 bits per heavy atom. The van der Waals surface area contributed by atoms with Crippen LogP contribution >= 0.6 is 23.2 Å². The van der Waals surface area contributed by atoms with Gasteiger partial charge in [-0.2, -0.15) is 0 Å². The first-order valence-corrected chi connectivity index (χ1v) is 6.98. The number of carbonyl (C=O) groups excluding carboxylic acids is 1. The van der Waals surface area contributed by atoms with Crippen LogP contribution in [0.1, 0.15) is 6.42 Å². The predicted octanol–water partition coefficient (Wildman–Crippen LogP) is 2.10.